The second-order valence-corrected chi connectivity index (χ2v) is 6.33. The maximum atomic E-state index is 12.4. The number of likely N-dealkylation sites (tertiary alicyclic amines) is 1. The summed E-state index contributed by atoms with van der Waals surface area (Å²) in [6.07, 6.45) is 1.53. The summed E-state index contributed by atoms with van der Waals surface area (Å²) in [6, 6.07) is 3.34. The molecule has 0 saturated carbocycles. The van der Waals surface area contributed by atoms with Crippen LogP contribution in [0.2, 0.25) is 0 Å². The Bertz CT molecular complexity index is 513. The lowest BCUT2D eigenvalue weighted by atomic mass is 9.96. The zero-order valence-corrected chi connectivity index (χ0v) is 12.3. The monoisotopic (exact) mass is 297 g/mol. The molecule has 6 heteroatoms. The van der Waals surface area contributed by atoms with Gasteiger partial charge in [0.25, 0.3) is 5.91 Å². The highest BCUT2D eigenvalue weighted by Gasteiger charge is 2.31. The van der Waals surface area contributed by atoms with Crippen molar-refractivity contribution in [1.82, 2.24) is 4.90 Å². The van der Waals surface area contributed by atoms with Gasteiger partial charge in [0.1, 0.15) is 0 Å². The summed E-state index contributed by atoms with van der Waals surface area (Å²) in [7, 11) is 0. The molecule has 0 aromatic carbocycles. The van der Waals surface area contributed by atoms with Crippen LogP contribution < -0.4 is 0 Å². The number of thiophene rings is 1. The Balaban J connectivity index is 2.07. The first-order valence-electron chi connectivity index (χ1n) is 6.68. The van der Waals surface area contributed by atoms with E-state index >= 15 is 0 Å². The Labute approximate surface area is 121 Å². The molecule has 2 rings (SSSR count). The normalized spacial score (nSPS) is 23.4. The highest BCUT2D eigenvalue weighted by atomic mass is 32.1. The topological polar surface area (TPSA) is 77.8 Å². The molecule has 2 heterocycles. The van der Waals surface area contributed by atoms with Crippen molar-refractivity contribution in [2.45, 2.75) is 31.8 Å². The standard InChI is InChI=1S/C14H19NO4S/c1-10(17)11-3-4-12(20-11)13(18)15-7-2-5-14(19,9-16)6-8-15/h3-4,16,19H,2,5-9H2,1H3. The third-order valence-electron chi connectivity index (χ3n) is 3.66. The first-order valence-corrected chi connectivity index (χ1v) is 7.50. The minimum Gasteiger partial charge on any atom is -0.393 e. The van der Waals surface area contributed by atoms with E-state index in [1.54, 1.807) is 17.0 Å². The van der Waals surface area contributed by atoms with Gasteiger partial charge >= 0.3 is 0 Å². The first-order chi connectivity index (χ1) is 9.45. The third kappa shape index (κ3) is 3.26. The predicted molar refractivity (Wildman–Crippen MR) is 76.1 cm³/mol. The number of rotatable bonds is 3. The van der Waals surface area contributed by atoms with Crippen LogP contribution in [0.25, 0.3) is 0 Å². The first kappa shape index (κ1) is 15.2. The van der Waals surface area contributed by atoms with Crippen molar-refractivity contribution in [2.24, 2.45) is 0 Å². The van der Waals surface area contributed by atoms with E-state index in [1.165, 1.54) is 18.3 Å². The number of carbonyl (C=O) groups is 2. The molecule has 1 aliphatic rings. The minimum atomic E-state index is -1.07. The number of ketones is 1. The summed E-state index contributed by atoms with van der Waals surface area (Å²) in [5.41, 5.74) is -1.07. The largest absolute Gasteiger partial charge is 0.393 e. The number of nitrogens with zero attached hydrogens (tertiary/aromatic N) is 1. The second kappa shape index (κ2) is 6.03. The quantitative estimate of drug-likeness (QED) is 0.824. The van der Waals surface area contributed by atoms with Crippen molar-refractivity contribution in [3.63, 3.8) is 0 Å². The van der Waals surface area contributed by atoms with Crippen molar-refractivity contribution in [3.05, 3.63) is 21.9 Å². The smallest absolute Gasteiger partial charge is 0.263 e. The van der Waals surface area contributed by atoms with Crippen LogP contribution in [0.3, 0.4) is 0 Å². The Morgan fingerprint density at radius 3 is 2.60 bits per heavy atom. The summed E-state index contributed by atoms with van der Waals surface area (Å²) >= 11 is 1.20. The highest BCUT2D eigenvalue weighted by molar-refractivity contribution is 7.15. The molecule has 0 spiro atoms. The van der Waals surface area contributed by atoms with E-state index < -0.39 is 5.60 Å². The highest BCUT2D eigenvalue weighted by Crippen LogP contribution is 2.24. The van der Waals surface area contributed by atoms with E-state index in [4.69, 9.17) is 0 Å². The second-order valence-electron chi connectivity index (χ2n) is 5.25. The Kier molecular flexibility index (Phi) is 4.57. The SMILES string of the molecule is CC(=O)c1ccc(C(=O)N2CCCC(O)(CO)CC2)s1. The van der Waals surface area contributed by atoms with E-state index in [9.17, 15) is 19.8 Å². The third-order valence-corrected chi connectivity index (χ3v) is 4.84. The van der Waals surface area contributed by atoms with E-state index in [-0.39, 0.29) is 18.3 Å². The number of aliphatic hydroxyl groups is 2. The zero-order valence-electron chi connectivity index (χ0n) is 11.5. The molecule has 1 fully saturated rings. The predicted octanol–water partition coefficient (Wildman–Crippen LogP) is 1.30. The zero-order chi connectivity index (χ0) is 14.8. The molecule has 1 aromatic rings. The molecule has 1 amide bonds. The Hall–Kier alpha value is -1.24. The molecule has 0 bridgehead atoms. The summed E-state index contributed by atoms with van der Waals surface area (Å²) < 4.78 is 0. The molecule has 2 N–H and O–H groups in total. The molecule has 0 radical (unpaired) electrons. The minimum absolute atomic E-state index is 0.0421. The molecular weight excluding hydrogens is 278 g/mol. The number of Topliss-reactive ketones (excluding diaryl/α,β-unsaturated/α-hetero) is 1. The molecular formula is C14H19NO4S. The van der Waals surface area contributed by atoms with Gasteiger partial charge in [-0.15, -0.1) is 11.3 Å². The van der Waals surface area contributed by atoms with Gasteiger partial charge in [0, 0.05) is 13.1 Å². The van der Waals surface area contributed by atoms with Gasteiger partial charge < -0.3 is 15.1 Å². The molecule has 1 atom stereocenters. The van der Waals surface area contributed by atoms with Gasteiger partial charge in [-0.25, -0.2) is 0 Å². The number of amides is 1. The van der Waals surface area contributed by atoms with E-state index in [0.717, 1.165) is 0 Å². The van der Waals surface area contributed by atoms with Gasteiger partial charge in [-0.2, -0.15) is 0 Å². The molecule has 5 nitrogen and oxygen atoms in total. The van der Waals surface area contributed by atoms with Crippen LogP contribution in [0.5, 0.6) is 0 Å². The maximum absolute atomic E-state index is 12.4. The molecule has 0 aliphatic carbocycles. The Morgan fingerprint density at radius 2 is 2.00 bits per heavy atom. The summed E-state index contributed by atoms with van der Waals surface area (Å²) in [5, 5.41) is 19.3. The number of carbonyl (C=O) groups excluding carboxylic acids is 2. The van der Waals surface area contributed by atoms with Crippen LogP contribution >= 0.6 is 11.3 Å². The number of aliphatic hydroxyl groups excluding tert-OH is 1. The van der Waals surface area contributed by atoms with E-state index in [0.29, 0.717) is 42.1 Å². The summed E-state index contributed by atoms with van der Waals surface area (Å²) in [4.78, 5) is 26.4. The van der Waals surface area contributed by atoms with Gasteiger partial charge in [-0.05, 0) is 38.3 Å². The summed E-state index contributed by atoms with van der Waals surface area (Å²) in [6.45, 7) is 2.19. The van der Waals surface area contributed by atoms with Crippen LogP contribution in [0.15, 0.2) is 12.1 Å². The molecule has 1 unspecified atom stereocenters. The lowest BCUT2D eigenvalue weighted by Crippen LogP contribution is -2.36. The van der Waals surface area contributed by atoms with Crippen molar-refractivity contribution < 1.29 is 19.8 Å². The number of hydrogen-bond acceptors (Lipinski definition) is 5. The number of hydrogen-bond donors (Lipinski definition) is 2. The fourth-order valence-electron chi connectivity index (χ4n) is 2.34. The Morgan fingerprint density at radius 1 is 1.30 bits per heavy atom. The molecule has 1 aliphatic heterocycles. The van der Waals surface area contributed by atoms with Crippen molar-refractivity contribution in [2.75, 3.05) is 19.7 Å². The molecule has 110 valence electrons. The fraction of sp³-hybridized carbons (Fsp3) is 0.571. The van der Waals surface area contributed by atoms with Gasteiger partial charge in [0.15, 0.2) is 5.78 Å². The van der Waals surface area contributed by atoms with Gasteiger partial charge in [-0.3, -0.25) is 9.59 Å². The van der Waals surface area contributed by atoms with Crippen LogP contribution in [0.4, 0.5) is 0 Å². The van der Waals surface area contributed by atoms with Gasteiger partial charge in [0.2, 0.25) is 0 Å². The van der Waals surface area contributed by atoms with Gasteiger partial charge in [0.05, 0.1) is 22.0 Å². The van der Waals surface area contributed by atoms with Crippen molar-refractivity contribution >= 4 is 23.0 Å². The van der Waals surface area contributed by atoms with Crippen LogP contribution in [0.1, 0.15) is 45.5 Å². The average molecular weight is 297 g/mol. The molecule has 1 saturated heterocycles. The molecule has 20 heavy (non-hydrogen) atoms. The van der Waals surface area contributed by atoms with E-state index in [1.807, 2.05) is 0 Å². The lowest BCUT2D eigenvalue weighted by molar-refractivity contribution is -0.0250. The van der Waals surface area contributed by atoms with Crippen LogP contribution in [-0.2, 0) is 0 Å². The lowest BCUT2D eigenvalue weighted by Gasteiger charge is -2.24. The fourth-order valence-corrected chi connectivity index (χ4v) is 3.21. The maximum Gasteiger partial charge on any atom is 0.263 e. The van der Waals surface area contributed by atoms with E-state index in [2.05, 4.69) is 0 Å². The van der Waals surface area contributed by atoms with Crippen LogP contribution in [0, 0.1) is 0 Å². The summed E-state index contributed by atoms with van der Waals surface area (Å²) in [5.74, 6) is -0.149. The van der Waals surface area contributed by atoms with Crippen LogP contribution in [-0.4, -0.2) is 52.1 Å². The molecule has 1 aromatic heterocycles. The van der Waals surface area contributed by atoms with Crippen molar-refractivity contribution in [1.29, 1.82) is 0 Å². The van der Waals surface area contributed by atoms with Crippen molar-refractivity contribution in [3.8, 4) is 0 Å². The average Bonchev–Trinajstić information content (AvgIpc) is 2.83. The van der Waals surface area contributed by atoms with Gasteiger partial charge in [-0.1, -0.05) is 0 Å².